The van der Waals surface area contributed by atoms with E-state index in [1.807, 2.05) is 57.2 Å². The smallest absolute Gasteiger partial charge is 0.243 e. The van der Waals surface area contributed by atoms with Gasteiger partial charge in [-0.25, -0.2) is 0 Å². The number of nitrogens with one attached hydrogen (secondary N) is 1. The van der Waals surface area contributed by atoms with Gasteiger partial charge in [-0.2, -0.15) is 0 Å². The van der Waals surface area contributed by atoms with Crippen molar-refractivity contribution in [1.29, 1.82) is 0 Å². The highest BCUT2D eigenvalue weighted by molar-refractivity contribution is 6.30. The zero-order valence-corrected chi connectivity index (χ0v) is 18.2. The number of nitrogens with zero attached hydrogens (tertiary/aromatic N) is 1. The fourth-order valence-electron chi connectivity index (χ4n) is 3.11. The van der Waals surface area contributed by atoms with Gasteiger partial charge in [0.1, 0.15) is 11.8 Å². The number of benzene rings is 2. The zero-order chi connectivity index (χ0) is 21.4. The van der Waals surface area contributed by atoms with Crippen LogP contribution in [0.2, 0.25) is 5.02 Å². The maximum absolute atomic E-state index is 13.2. The van der Waals surface area contributed by atoms with Crippen molar-refractivity contribution in [3.63, 3.8) is 0 Å². The number of amides is 2. The Hall–Kier alpha value is -2.53. The molecule has 0 spiro atoms. The molecule has 2 aromatic carbocycles. The molecule has 0 aliphatic heterocycles. The molecule has 0 aliphatic rings. The first-order chi connectivity index (χ1) is 13.8. The molecule has 1 N–H and O–H groups in total. The molecule has 0 fully saturated rings. The van der Waals surface area contributed by atoms with Crippen molar-refractivity contribution < 1.29 is 14.3 Å². The summed E-state index contributed by atoms with van der Waals surface area (Å²) in [6.45, 7) is 6.09. The predicted molar refractivity (Wildman–Crippen MR) is 116 cm³/mol. The van der Waals surface area contributed by atoms with Gasteiger partial charge in [-0.05, 0) is 55.7 Å². The topological polar surface area (TPSA) is 58.6 Å². The van der Waals surface area contributed by atoms with E-state index in [4.69, 9.17) is 16.3 Å². The van der Waals surface area contributed by atoms with E-state index in [1.54, 1.807) is 24.1 Å². The van der Waals surface area contributed by atoms with Gasteiger partial charge in [-0.1, -0.05) is 42.8 Å². The third-order valence-corrected chi connectivity index (χ3v) is 4.85. The summed E-state index contributed by atoms with van der Waals surface area (Å²) < 4.78 is 5.21. The molecule has 0 unspecified atom stereocenters. The Kier molecular flexibility index (Phi) is 8.52. The number of carbonyl (C=O) groups is 2. The second kappa shape index (κ2) is 10.9. The Bertz CT molecular complexity index is 804. The van der Waals surface area contributed by atoms with Gasteiger partial charge in [0.05, 0.1) is 13.5 Å². The molecule has 0 aliphatic carbocycles. The van der Waals surface area contributed by atoms with Crippen LogP contribution in [0.15, 0.2) is 48.5 Å². The number of rotatable bonds is 9. The lowest BCUT2D eigenvalue weighted by Crippen LogP contribution is -2.50. The van der Waals surface area contributed by atoms with Gasteiger partial charge in [0.15, 0.2) is 0 Å². The number of hydrogen-bond donors (Lipinski definition) is 1. The molecule has 0 heterocycles. The summed E-state index contributed by atoms with van der Waals surface area (Å²) in [5.41, 5.74) is 1.80. The van der Waals surface area contributed by atoms with Crippen LogP contribution in [0, 0.1) is 0 Å². The van der Waals surface area contributed by atoms with Crippen molar-refractivity contribution in [2.24, 2.45) is 0 Å². The quantitative estimate of drug-likeness (QED) is 0.665. The van der Waals surface area contributed by atoms with Crippen molar-refractivity contribution in [2.75, 3.05) is 7.11 Å². The highest BCUT2D eigenvalue weighted by Gasteiger charge is 2.29. The standard InChI is InChI=1S/C23H29ClN2O3/c1-5-21(23(28)25-16(2)3)26(15-18-8-12-20(29-4)13-9-18)22(27)14-17-6-10-19(24)11-7-17/h6-13,16,21H,5,14-15H2,1-4H3,(H,25,28)/t21-/m1/s1. The number of carbonyl (C=O) groups excluding carboxylic acids is 2. The average Bonchev–Trinajstić information content (AvgIpc) is 2.69. The first-order valence-corrected chi connectivity index (χ1v) is 10.2. The van der Waals surface area contributed by atoms with Gasteiger partial charge in [0.25, 0.3) is 0 Å². The monoisotopic (exact) mass is 416 g/mol. The molecule has 5 nitrogen and oxygen atoms in total. The van der Waals surface area contributed by atoms with E-state index in [1.165, 1.54) is 0 Å². The van der Waals surface area contributed by atoms with E-state index < -0.39 is 6.04 Å². The van der Waals surface area contributed by atoms with Crippen molar-refractivity contribution in [3.8, 4) is 5.75 Å². The fraction of sp³-hybridized carbons (Fsp3) is 0.391. The number of methoxy groups -OCH3 is 1. The largest absolute Gasteiger partial charge is 0.497 e. The molecule has 2 amide bonds. The van der Waals surface area contributed by atoms with Gasteiger partial charge in [0.2, 0.25) is 11.8 Å². The lowest BCUT2D eigenvalue weighted by Gasteiger charge is -2.31. The van der Waals surface area contributed by atoms with Gasteiger partial charge in [0, 0.05) is 17.6 Å². The summed E-state index contributed by atoms with van der Waals surface area (Å²) in [5, 5.41) is 3.56. The molecular formula is C23H29ClN2O3. The van der Waals surface area contributed by atoms with Crippen molar-refractivity contribution in [2.45, 2.75) is 52.2 Å². The molecule has 2 aromatic rings. The summed E-state index contributed by atoms with van der Waals surface area (Å²) in [4.78, 5) is 27.6. The minimum Gasteiger partial charge on any atom is -0.497 e. The van der Waals surface area contributed by atoms with E-state index in [-0.39, 0.29) is 24.3 Å². The number of halogens is 1. The molecule has 0 bridgehead atoms. The number of hydrogen-bond acceptors (Lipinski definition) is 3. The van der Waals surface area contributed by atoms with Gasteiger partial charge >= 0.3 is 0 Å². The molecule has 2 rings (SSSR count). The van der Waals surface area contributed by atoms with Crippen molar-refractivity contribution in [1.82, 2.24) is 10.2 Å². The van der Waals surface area contributed by atoms with Crippen molar-refractivity contribution in [3.05, 3.63) is 64.7 Å². The van der Waals surface area contributed by atoms with Crippen LogP contribution < -0.4 is 10.1 Å². The van der Waals surface area contributed by atoms with Crippen LogP contribution in [0.4, 0.5) is 0 Å². The Morgan fingerprint density at radius 2 is 1.62 bits per heavy atom. The molecule has 0 aromatic heterocycles. The first kappa shape index (κ1) is 22.8. The third kappa shape index (κ3) is 6.79. The van der Waals surface area contributed by atoms with Crippen LogP contribution in [-0.2, 0) is 22.6 Å². The minimum absolute atomic E-state index is 0.00533. The molecule has 1 atom stereocenters. The molecule has 156 valence electrons. The van der Waals surface area contributed by atoms with Crippen molar-refractivity contribution >= 4 is 23.4 Å². The molecule has 6 heteroatoms. The number of ether oxygens (including phenoxy) is 1. The summed E-state index contributed by atoms with van der Waals surface area (Å²) >= 11 is 5.95. The van der Waals surface area contributed by atoms with Crippen LogP contribution in [0.5, 0.6) is 5.75 Å². The van der Waals surface area contributed by atoms with Gasteiger partial charge in [-0.3, -0.25) is 9.59 Å². The maximum atomic E-state index is 13.2. The second-order valence-corrected chi connectivity index (χ2v) is 7.70. The summed E-state index contributed by atoms with van der Waals surface area (Å²) in [7, 11) is 1.61. The molecule has 29 heavy (non-hydrogen) atoms. The van der Waals surface area contributed by atoms with Crippen LogP contribution in [0.3, 0.4) is 0 Å². The van der Waals surface area contributed by atoms with Crippen LogP contribution in [-0.4, -0.2) is 35.9 Å². The fourth-order valence-corrected chi connectivity index (χ4v) is 3.23. The van der Waals surface area contributed by atoms with E-state index in [9.17, 15) is 9.59 Å². The highest BCUT2D eigenvalue weighted by Crippen LogP contribution is 2.18. The summed E-state index contributed by atoms with van der Waals surface area (Å²) in [6.07, 6.45) is 0.736. The van der Waals surface area contributed by atoms with Crippen LogP contribution >= 0.6 is 11.6 Å². The zero-order valence-electron chi connectivity index (χ0n) is 17.4. The lowest BCUT2D eigenvalue weighted by atomic mass is 10.1. The molecule has 0 saturated carbocycles. The van der Waals surface area contributed by atoms with E-state index in [0.717, 1.165) is 16.9 Å². The average molecular weight is 417 g/mol. The molecule has 0 radical (unpaired) electrons. The Morgan fingerprint density at radius 3 is 2.14 bits per heavy atom. The summed E-state index contributed by atoms with van der Waals surface area (Å²) in [5.74, 6) is 0.506. The Morgan fingerprint density at radius 1 is 1.03 bits per heavy atom. The SMILES string of the molecule is CC[C@H](C(=O)NC(C)C)N(Cc1ccc(OC)cc1)C(=O)Cc1ccc(Cl)cc1. The second-order valence-electron chi connectivity index (χ2n) is 7.26. The minimum atomic E-state index is -0.542. The summed E-state index contributed by atoms with van der Waals surface area (Å²) in [6, 6.07) is 14.2. The predicted octanol–water partition coefficient (Wildman–Crippen LogP) is 4.22. The highest BCUT2D eigenvalue weighted by atomic mass is 35.5. The van der Waals surface area contributed by atoms with Crippen LogP contribution in [0.25, 0.3) is 0 Å². The third-order valence-electron chi connectivity index (χ3n) is 4.60. The first-order valence-electron chi connectivity index (χ1n) is 9.81. The Labute approximate surface area is 178 Å². The molecular weight excluding hydrogens is 388 g/mol. The van der Waals surface area contributed by atoms with E-state index in [2.05, 4.69) is 5.32 Å². The van der Waals surface area contributed by atoms with Gasteiger partial charge < -0.3 is 15.0 Å². The van der Waals surface area contributed by atoms with E-state index in [0.29, 0.717) is 18.0 Å². The van der Waals surface area contributed by atoms with Crippen LogP contribution in [0.1, 0.15) is 38.3 Å². The molecule has 0 saturated heterocycles. The van der Waals surface area contributed by atoms with Gasteiger partial charge in [-0.15, -0.1) is 0 Å². The normalized spacial score (nSPS) is 11.8. The lowest BCUT2D eigenvalue weighted by molar-refractivity contribution is -0.141. The maximum Gasteiger partial charge on any atom is 0.243 e. The van der Waals surface area contributed by atoms with E-state index >= 15 is 0 Å². The Balaban J connectivity index is 2.27.